The number of carbonyl (C=O) groups is 1. The molecule has 4 rings (SSSR count). The molecule has 166 valence electrons. The van der Waals surface area contributed by atoms with Gasteiger partial charge in [-0.2, -0.15) is 9.78 Å². The van der Waals surface area contributed by atoms with E-state index in [0.717, 1.165) is 15.9 Å². The number of anilines is 1. The van der Waals surface area contributed by atoms with Gasteiger partial charge in [0.2, 0.25) is 5.13 Å². The number of rotatable bonds is 5. The van der Waals surface area contributed by atoms with Crippen molar-refractivity contribution >= 4 is 33.3 Å². The van der Waals surface area contributed by atoms with Crippen LogP contribution in [0.25, 0.3) is 15.3 Å². The molecule has 0 spiro atoms. The second kappa shape index (κ2) is 8.27. The fourth-order valence-corrected chi connectivity index (χ4v) is 4.35. The van der Waals surface area contributed by atoms with Gasteiger partial charge in [-0.15, -0.1) is 0 Å². The summed E-state index contributed by atoms with van der Waals surface area (Å²) in [7, 11) is 3.08. The highest BCUT2D eigenvalue weighted by Crippen LogP contribution is 2.32. The average molecular weight is 451 g/mol. The second-order valence-corrected chi connectivity index (χ2v) is 9.54. The zero-order valence-electron chi connectivity index (χ0n) is 19.0. The van der Waals surface area contributed by atoms with Crippen molar-refractivity contribution < 1.29 is 14.3 Å². The molecule has 2 aromatic heterocycles. The summed E-state index contributed by atoms with van der Waals surface area (Å²) in [6.45, 7) is 8.44. The molecule has 7 nitrogen and oxygen atoms in total. The summed E-state index contributed by atoms with van der Waals surface area (Å²) in [6.07, 6.45) is 0. The van der Waals surface area contributed by atoms with Crippen LogP contribution in [0.1, 0.15) is 42.4 Å². The Morgan fingerprint density at radius 1 is 1.06 bits per heavy atom. The highest BCUT2D eigenvalue weighted by Gasteiger charge is 2.20. The standard InChI is InChI=1S/C24H26N4O3S/c1-14-11-21(26-22(29)17-13-16(30-5)8-10-19(17)31-6)28(27-14)23-25-18-9-7-15(24(2,3)4)12-20(18)32-23/h7-13H,1-6H3,(H,26,29). The molecule has 0 aliphatic carbocycles. The Morgan fingerprint density at radius 3 is 2.53 bits per heavy atom. The molecular weight excluding hydrogens is 424 g/mol. The van der Waals surface area contributed by atoms with Crippen LogP contribution in [0.2, 0.25) is 0 Å². The Labute approximate surface area is 191 Å². The lowest BCUT2D eigenvalue weighted by Crippen LogP contribution is -2.16. The van der Waals surface area contributed by atoms with E-state index in [0.29, 0.717) is 28.0 Å². The lowest BCUT2D eigenvalue weighted by molar-refractivity contribution is 0.102. The lowest BCUT2D eigenvalue weighted by atomic mass is 9.87. The molecule has 32 heavy (non-hydrogen) atoms. The Hall–Kier alpha value is -3.39. The van der Waals surface area contributed by atoms with Gasteiger partial charge < -0.3 is 14.8 Å². The van der Waals surface area contributed by atoms with Gasteiger partial charge in [-0.05, 0) is 48.2 Å². The molecule has 0 atom stereocenters. The fourth-order valence-electron chi connectivity index (χ4n) is 3.38. The van der Waals surface area contributed by atoms with Gasteiger partial charge in [0, 0.05) is 6.07 Å². The van der Waals surface area contributed by atoms with Crippen LogP contribution < -0.4 is 14.8 Å². The number of nitrogens with one attached hydrogen (secondary N) is 1. The molecule has 0 bridgehead atoms. The number of thiazole rings is 1. The average Bonchev–Trinajstić information content (AvgIpc) is 3.34. The summed E-state index contributed by atoms with van der Waals surface area (Å²) in [4.78, 5) is 17.8. The Kier molecular flexibility index (Phi) is 5.64. The van der Waals surface area contributed by atoms with Crippen molar-refractivity contribution in [2.45, 2.75) is 33.1 Å². The first-order valence-electron chi connectivity index (χ1n) is 10.2. The van der Waals surface area contributed by atoms with Crippen LogP contribution in [0, 0.1) is 6.92 Å². The first kappa shape index (κ1) is 21.8. The van der Waals surface area contributed by atoms with Gasteiger partial charge >= 0.3 is 0 Å². The number of hydrogen-bond donors (Lipinski definition) is 1. The Balaban J connectivity index is 1.70. The number of ether oxygens (including phenoxy) is 2. The maximum absolute atomic E-state index is 13.1. The fraction of sp³-hybridized carbons (Fsp3) is 0.292. The van der Waals surface area contributed by atoms with Crippen LogP contribution in [-0.4, -0.2) is 34.9 Å². The van der Waals surface area contributed by atoms with Crippen molar-refractivity contribution in [3.05, 3.63) is 59.3 Å². The first-order chi connectivity index (χ1) is 15.2. The topological polar surface area (TPSA) is 78.3 Å². The molecule has 0 aliphatic heterocycles. The summed E-state index contributed by atoms with van der Waals surface area (Å²) < 4.78 is 13.4. The van der Waals surface area contributed by atoms with Crippen LogP contribution in [0.4, 0.5) is 5.82 Å². The van der Waals surface area contributed by atoms with Gasteiger partial charge in [0.05, 0.1) is 35.7 Å². The van der Waals surface area contributed by atoms with Crippen molar-refractivity contribution in [1.82, 2.24) is 14.8 Å². The molecule has 0 aliphatic rings. The van der Waals surface area contributed by atoms with E-state index in [9.17, 15) is 4.79 Å². The number of amides is 1. The molecule has 0 saturated heterocycles. The monoisotopic (exact) mass is 450 g/mol. The predicted octanol–water partition coefficient (Wildman–Crippen LogP) is 5.36. The number of aromatic nitrogens is 3. The molecular formula is C24H26N4O3S. The van der Waals surface area contributed by atoms with Gasteiger partial charge in [0.1, 0.15) is 17.3 Å². The van der Waals surface area contributed by atoms with Crippen LogP contribution in [-0.2, 0) is 5.41 Å². The van der Waals surface area contributed by atoms with Gasteiger partial charge in [0.15, 0.2) is 0 Å². The molecule has 1 amide bonds. The molecule has 1 N–H and O–H groups in total. The minimum atomic E-state index is -0.321. The highest BCUT2D eigenvalue weighted by molar-refractivity contribution is 7.20. The third-order valence-corrected chi connectivity index (χ3v) is 6.14. The summed E-state index contributed by atoms with van der Waals surface area (Å²) >= 11 is 1.54. The van der Waals surface area contributed by atoms with Crippen LogP contribution in [0.3, 0.4) is 0 Å². The maximum Gasteiger partial charge on any atom is 0.260 e. The van der Waals surface area contributed by atoms with Crippen molar-refractivity contribution in [3.63, 3.8) is 0 Å². The van der Waals surface area contributed by atoms with Crippen molar-refractivity contribution in [2.24, 2.45) is 0 Å². The van der Waals surface area contributed by atoms with Crippen molar-refractivity contribution in [3.8, 4) is 16.6 Å². The van der Waals surface area contributed by atoms with Crippen molar-refractivity contribution in [2.75, 3.05) is 19.5 Å². The van der Waals surface area contributed by atoms with E-state index in [-0.39, 0.29) is 11.3 Å². The van der Waals surface area contributed by atoms with Crippen LogP contribution >= 0.6 is 11.3 Å². The van der Waals surface area contributed by atoms with Crippen LogP contribution in [0.5, 0.6) is 11.5 Å². The molecule has 8 heteroatoms. The van der Waals surface area contributed by atoms with Crippen LogP contribution in [0.15, 0.2) is 42.5 Å². The second-order valence-electron chi connectivity index (χ2n) is 8.53. The normalized spacial score (nSPS) is 11.6. The third-order valence-electron chi connectivity index (χ3n) is 5.15. The van der Waals surface area contributed by atoms with E-state index in [2.05, 4.69) is 43.3 Å². The minimum Gasteiger partial charge on any atom is -0.497 e. The quantitative estimate of drug-likeness (QED) is 0.443. The lowest BCUT2D eigenvalue weighted by Gasteiger charge is -2.18. The zero-order valence-corrected chi connectivity index (χ0v) is 19.8. The Bertz CT molecular complexity index is 1300. The van der Waals surface area contributed by atoms with E-state index >= 15 is 0 Å². The van der Waals surface area contributed by atoms with E-state index in [1.165, 1.54) is 24.0 Å². The molecule has 0 fully saturated rings. The summed E-state index contributed by atoms with van der Waals surface area (Å²) in [5.74, 6) is 1.24. The van der Waals surface area contributed by atoms with Crippen molar-refractivity contribution in [1.29, 1.82) is 0 Å². The minimum absolute atomic E-state index is 0.0512. The molecule has 0 saturated carbocycles. The number of hydrogen-bond acceptors (Lipinski definition) is 6. The van der Waals surface area contributed by atoms with E-state index in [1.54, 1.807) is 30.0 Å². The number of carbonyl (C=O) groups excluding carboxylic acids is 1. The number of fused-ring (bicyclic) bond motifs is 1. The molecule has 2 aromatic carbocycles. The first-order valence-corrected chi connectivity index (χ1v) is 11.0. The zero-order chi connectivity index (χ0) is 23.0. The number of nitrogens with zero attached hydrogens (tertiary/aromatic N) is 3. The van der Waals surface area contributed by atoms with Gasteiger partial charge in [-0.25, -0.2) is 4.98 Å². The molecule has 2 heterocycles. The maximum atomic E-state index is 13.1. The highest BCUT2D eigenvalue weighted by atomic mass is 32.1. The van der Waals surface area contributed by atoms with Gasteiger partial charge in [0.25, 0.3) is 5.91 Å². The molecule has 0 radical (unpaired) electrons. The molecule has 4 aromatic rings. The number of methoxy groups -OCH3 is 2. The van der Waals surface area contributed by atoms with E-state index in [1.807, 2.05) is 19.1 Å². The summed E-state index contributed by atoms with van der Waals surface area (Å²) in [6, 6.07) is 13.2. The van der Waals surface area contributed by atoms with Gasteiger partial charge in [-0.1, -0.05) is 38.2 Å². The number of benzene rings is 2. The number of aryl methyl sites for hydroxylation is 1. The summed E-state index contributed by atoms with van der Waals surface area (Å²) in [5, 5.41) is 8.20. The van der Waals surface area contributed by atoms with E-state index < -0.39 is 0 Å². The molecule has 0 unspecified atom stereocenters. The largest absolute Gasteiger partial charge is 0.497 e. The SMILES string of the molecule is COc1ccc(OC)c(C(=O)Nc2cc(C)nn2-c2nc3ccc(C(C)(C)C)cc3s2)c1. The smallest absolute Gasteiger partial charge is 0.260 e. The predicted molar refractivity (Wildman–Crippen MR) is 128 cm³/mol. The summed E-state index contributed by atoms with van der Waals surface area (Å²) in [5.41, 5.74) is 3.34. The van der Waals surface area contributed by atoms with Gasteiger partial charge in [-0.3, -0.25) is 4.79 Å². The third kappa shape index (κ3) is 4.18. The Morgan fingerprint density at radius 2 is 1.84 bits per heavy atom. The van der Waals surface area contributed by atoms with E-state index in [4.69, 9.17) is 14.5 Å².